The zero-order chi connectivity index (χ0) is 14.0. The van der Waals surface area contributed by atoms with Crippen molar-refractivity contribution in [2.45, 2.75) is 45.6 Å². The molecule has 19 heavy (non-hydrogen) atoms. The van der Waals surface area contributed by atoms with E-state index in [1.807, 2.05) is 6.07 Å². The maximum absolute atomic E-state index is 11.9. The molecule has 1 aliphatic carbocycles. The van der Waals surface area contributed by atoms with Gasteiger partial charge in [0.2, 0.25) is 0 Å². The number of amides is 1. The van der Waals surface area contributed by atoms with Gasteiger partial charge in [-0.2, -0.15) is 0 Å². The van der Waals surface area contributed by atoms with Crippen molar-refractivity contribution in [3.63, 3.8) is 0 Å². The molecule has 0 radical (unpaired) electrons. The molecule has 2 atom stereocenters. The molecule has 1 amide bonds. The Balaban J connectivity index is 2.08. The third kappa shape index (κ3) is 3.15. The number of carbonyl (C=O) groups is 2. The van der Waals surface area contributed by atoms with E-state index in [0.717, 1.165) is 18.8 Å². The van der Waals surface area contributed by atoms with Crippen LogP contribution in [-0.2, 0) is 22.4 Å². The largest absolute Gasteiger partial charge is 0.448 e. The SMILES string of the molecule is CC[C@H]1CCc2sc(C(=O)O[C@@H](C)C(N)=O)cc2C1. The molecule has 1 aromatic rings. The Hall–Kier alpha value is -1.36. The average molecular weight is 281 g/mol. The molecule has 0 spiro atoms. The summed E-state index contributed by atoms with van der Waals surface area (Å²) in [6, 6.07) is 1.91. The van der Waals surface area contributed by atoms with Crippen molar-refractivity contribution in [1.29, 1.82) is 0 Å². The molecule has 2 N–H and O–H groups in total. The second-order valence-electron chi connectivity index (χ2n) is 5.03. The Morgan fingerprint density at radius 2 is 2.32 bits per heavy atom. The zero-order valence-corrected chi connectivity index (χ0v) is 12.1. The number of hydrogen-bond acceptors (Lipinski definition) is 4. The highest BCUT2D eigenvalue weighted by Crippen LogP contribution is 2.33. The minimum atomic E-state index is -0.880. The van der Waals surface area contributed by atoms with Gasteiger partial charge < -0.3 is 10.5 Å². The van der Waals surface area contributed by atoms with Gasteiger partial charge in [-0.15, -0.1) is 11.3 Å². The van der Waals surface area contributed by atoms with E-state index in [-0.39, 0.29) is 0 Å². The number of thiophene rings is 1. The number of carbonyl (C=O) groups excluding carboxylic acids is 2. The molecule has 0 aliphatic heterocycles. The third-order valence-electron chi connectivity index (χ3n) is 3.65. The van der Waals surface area contributed by atoms with Gasteiger partial charge in [0.1, 0.15) is 4.88 Å². The lowest BCUT2D eigenvalue weighted by Gasteiger charge is -2.19. The molecule has 0 bridgehead atoms. The van der Waals surface area contributed by atoms with Crippen LogP contribution >= 0.6 is 11.3 Å². The second-order valence-corrected chi connectivity index (χ2v) is 6.16. The number of nitrogens with two attached hydrogens (primary N) is 1. The summed E-state index contributed by atoms with van der Waals surface area (Å²) in [5, 5.41) is 0. The van der Waals surface area contributed by atoms with Crippen LogP contribution in [0.4, 0.5) is 0 Å². The Morgan fingerprint density at radius 1 is 1.58 bits per heavy atom. The van der Waals surface area contributed by atoms with Gasteiger partial charge in [0.05, 0.1) is 0 Å². The monoisotopic (exact) mass is 281 g/mol. The maximum atomic E-state index is 11.9. The first-order chi connectivity index (χ1) is 9.01. The van der Waals surface area contributed by atoms with Crippen molar-refractivity contribution in [1.82, 2.24) is 0 Å². The molecule has 2 rings (SSSR count). The van der Waals surface area contributed by atoms with Crippen molar-refractivity contribution in [2.24, 2.45) is 11.7 Å². The smallest absolute Gasteiger partial charge is 0.349 e. The number of esters is 1. The molecule has 0 unspecified atom stereocenters. The molecule has 0 aromatic carbocycles. The molecule has 0 saturated carbocycles. The Kier molecular flexibility index (Phi) is 4.24. The first kappa shape index (κ1) is 14.1. The van der Waals surface area contributed by atoms with Crippen molar-refractivity contribution in [3.05, 3.63) is 21.4 Å². The minimum Gasteiger partial charge on any atom is -0.448 e. The van der Waals surface area contributed by atoms with Crippen molar-refractivity contribution in [2.75, 3.05) is 0 Å². The molecule has 0 saturated heterocycles. The van der Waals surface area contributed by atoms with Gasteiger partial charge in [-0.1, -0.05) is 13.3 Å². The van der Waals surface area contributed by atoms with E-state index in [1.165, 1.54) is 41.5 Å². The molecular weight excluding hydrogens is 262 g/mol. The summed E-state index contributed by atoms with van der Waals surface area (Å²) in [5.41, 5.74) is 6.35. The highest BCUT2D eigenvalue weighted by Gasteiger charge is 2.24. The van der Waals surface area contributed by atoms with Crippen LogP contribution in [0.1, 0.15) is 46.8 Å². The first-order valence-electron chi connectivity index (χ1n) is 6.63. The zero-order valence-electron chi connectivity index (χ0n) is 11.3. The lowest BCUT2D eigenvalue weighted by atomic mass is 9.87. The van der Waals surface area contributed by atoms with Crippen LogP contribution in [-0.4, -0.2) is 18.0 Å². The summed E-state index contributed by atoms with van der Waals surface area (Å²) < 4.78 is 5.03. The van der Waals surface area contributed by atoms with E-state index in [0.29, 0.717) is 4.88 Å². The van der Waals surface area contributed by atoms with E-state index in [2.05, 4.69) is 6.92 Å². The third-order valence-corrected chi connectivity index (χ3v) is 4.87. The van der Waals surface area contributed by atoms with Crippen molar-refractivity contribution >= 4 is 23.2 Å². The van der Waals surface area contributed by atoms with Gasteiger partial charge in [0.15, 0.2) is 6.10 Å². The molecule has 1 aromatic heterocycles. The van der Waals surface area contributed by atoms with E-state index >= 15 is 0 Å². The fourth-order valence-electron chi connectivity index (χ4n) is 2.32. The highest BCUT2D eigenvalue weighted by molar-refractivity contribution is 7.14. The number of hydrogen-bond donors (Lipinski definition) is 1. The molecule has 104 valence electrons. The fraction of sp³-hybridized carbons (Fsp3) is 0.571. The second kappa shape index (κ2) is 5.74. The predicted octanol–water partition coefficient (Wildman–Crippen LogP) is 2.29. The van der Waals surface area contributed by atoms with Gasteiger partial charge in [-0.3, -0.25) is 4.79 Å². The molecule has 0 fully saturated rings. The summed E-state index contributed by atoms with van der Waals surface area (Å²) in [6.45, 7) is 3.69. The standard InChI is InChI=1S/C14H19NO3S/c1-3-9-4-5-11-10(6-9)7-12(19-11)14(17)18-8(2)13(15)16/h7-9H,3-6H2,1-2H3,(H2,15,16)/t8-,9-/m0/s1. The summed E-state index contributed by atoms with van der Waals surface area (Å²) >= 11 is 1.48. The van der Waals surface area contributed by atoms with E-state index < -0.39 is 18.0 Å². The van der Waals surface area contributed by atoms with Crippen LogP contribution in [0.3, 0.4) is 0 Å². The quantitative estimate of drug-likeness (QED) is 0.861. The topological polar surface area (TPSA) is 69.4 Å². The lowest BCUT2D eigenvalue weighted by molar-refractivity contribution is -0.125. The summed E-state index contributed by atoms with van der Waals surface area (Å²) in [5.74, 6) is -0.352. The van der Waals surface area contributed by atoms with E-state index in [1.54, 1.807) is 0 Å². The maximum Gasteiger partial charge on any atom is 0.349 e. The van der Waals surface area contributed by atoms with Crippen LogP contribution in [0.15, 0.2) is 6.07 Å². The number of rotatable bonds is 4. The Bertz CT molecular complexity index is 495. The Labute approximate surface area is 116 Å². The highest BCUT2D eigenvalue weighted by atomic mass is 32.1. The molecule has 1 aliphatic rings. The number of primary amides is 1. The molecule has 5 heteroatoms. The molecular formula is C14H19NO3S. The van der Waals surface area contributed by atoms with Gasteiger partial charge >= 0.3 is 5.97 Å². The Morgan fingerprint density at radius 3 is 2.95 bits per heavy atom. The fourth-order valence-corrected chi connectivity index (χ4v) is 3.42. The number of fused-ring (bicyclic) bond motifs is 1. The normalized spacial score (nSPS) is 19.6. The van der Waals surface area contributed by atoms with Gasteiger partial charge in [-0.25, -0.2) is 4.79 Å². The van der Waals surface area contributed by atoms with E-state index in [4.69, 9.17) is 10.5 Å². The summed E-state index contributed by atoms with van der Waals surface area (Å²) in [7, 11) is 0. The van der Waals surface area contributed by atoms with Gasteiger partial charge in [0.25, 0.3) is 5.91 Å². The first-order valence-corrected chi connectivity index (χ1v) is 7.44. The van der Waals surface area contributed by atoms with E-state index in [9.17, 15) is 9.59 Å². The average Bonchev–Trinajstić information content (AvgIpc) is 2.81. The number of ether oxygens (including phenoxy) is 1. The van der Waals surface area contributed by atoms with Crippen molar-refractivity contribution < 1.29 is 14.3 Å². The van der Waals surface area contributed by atoms with Crippen LogP contribution < -0.4 is 5.73 Å². The van der Waals surface area contributed by atoms with Gasteiger partial charge in [0, 0.05) is 4.88 Å². The van der Waals surface area contributed by atoms with Crippen LogP contribution in [0.25, 0.3) is 0 Å². The van der Waals surface area contributed by atoms with Crippen LogP contribution in [0.2, 0.25) is 0 Å². The minimum absolute atomic E-state index is 0.446. The lowest BCUT2D eigenvalue weighted by Crippen LogP contribution is -2.30. The van der Waals surface area contributed by atoms with Crippen LogP contribution in [0, 0.1) is 5.92 Å². The van der Waals surface area contributed by atoms with Crippen LogP contribution in [0.5, 0.6) is 0 Å². The van der Waals surface area contributed by atoms with Crippen molar-refractivity contribution in [3.8, 4) is 0 Å². The molecule has 4 nitrogen and oxygen atoms in total. The molecule has 1 heterocycles. The summed E-state index contributed by atoms with van der Waals surface area (Å²) in [4.78, 5) is 24.7. The number of aryl methyl sites for hydroxylation is 1. The predicted molar refractivity (Wildman–Crippen MR) is 74.2 cm³/mol. The summed E-state index contributed by atoms with van der Waals surface area (Å²) in [6.07, 6.45) is 3.57. The van der Waals surface area contributed by atoms with Gasteiger partial charge in [-0.05, 0) is 43.7 Å².